The summed E-state index contributed by atoms with van der Waals surface area (Å²) in [6.07, 6.45) is 8.04. The molecule has 1 nitrogen and oxygen atoms in total. The number of hydrogen-bond acceptors (Lipinski definition) is 1. The lowest BCUT2D eigenvalue weighted by Crippen LogP contribution is -2.32. The van der Waals surface area contributed by atoms with Crippen LogP contribution in [-0.4, -0.2) is 23.7 Å². The van der Waals surface area contributed by atoms with Gasteiger partial charge < -0.3 is 4.43 Å². The summed E-state index contributed by atoms with van der Waals surface area (Å²) in [6, 6.07) is 11.2. The van der Waals surface area contributed by atoms with Crippen LogP contribution in [0.1, 0.15) is 25.7 Å². The van der Waals surface area contributed by atoms with E-state index < -0.39 is 17.1 Å². The van der Waals surface area contributed by atoms with Gasteiger partial charge in [0.1, 0.15) is 0 Å². The maximum absolute atomic E-state index is 5.95. The Labute approximate surface area is 126 Å². The number of benzene rings is 1. The monoisotopic (exact) mass is 304 g/mol. The summed E-state index contributed by atoms with van der Waals surface area (Å²) in [7, 11) is -2.35. The van der Waals surface area contributed by atoms with Crippen molar-refractivity contribution < 1.29 is 4.43 Å². The second kappa shape index (κ2) is 7.39. The fourth-order valence-corrected chi connectivity index (χ4v) is 6.97. The molecule has 110 valence electrons. The molecule has 2 rings (SSSR count). The first-order chi connectivity index (χ1) is 9.56. The maximum Gasteiger partial charge on any atom is 0.184 e. The molecule has 0 radical (unpaired) electrons. The molecule has 0 amide bonds. The highest BCUT2D eigenvalue weighted by Gasteiger charge is 2.25. The fraction of sp³-hybridized carbons (Fsp3) is 0.529. The van der Waals surface area contributed by atoms with Crippen molar-refractivity contribution in [1.29, 1.82) is 0 Å². The molecule has 1 aliphatic rings. The molecular formula is C17H28OSi2. The first-order valence-electron chi connectivity index (χ1n) is 7.92. The predicted octanol–water partition coefficient (Wildman–Crippen LogP) is 4.01. The Morgan fingerprint density at radius 3 is 2.40 bits per heavy atom. The van der Waals surface area contributed by atoms with E-state index in [2.05, 4.69) is 61.7 Å². The van der Waals surface area contributed by atoms with E-state index in [1.54, 1.807) is 5.19 Å². The van der Waals surface area contributed by atoms with Gasteiger partial charge in [0.05, 0.1) is 15.4 Å². The van der Waals surface area contributed by atoms with Crippen molar-refractivity contribution in [2.24, 2.45) is 0 Å². The van der Waals surface area contributed by atoms with Gasteiger partial charge in [-0.25, -0.2) is 0 Å². The lowest BCUT2D eigenvalue weighted by atomic mass is 10.4. The standard InChI is InChI=1S/C17H28OSi2/c1-20(2,3)18-14-9-15-19(17-12-7-8-13-17)16-10-5-4-6-11-16/h4-6,9-11,15,17,19H,7-8,12-14H2,1-3H3/t19-/m1/s1. The molecule has 0 N–H and O–H groups in total. The summed E-state index contributed by atoms with van der Waals surface area (Å²) >= 11 is 0. The molecule has 0 bridgehead atoms. The smallest absolute Gasteiger partial charge is 0.184 e. The highest BCUT2D eigenvalue weighted by Crippen LogP contribution is 2.33. The van der Waals surface area contributed by atoms with Gasteiger partial charge in [-0.3, -0.25) is 0 Å². The van der Waals surface area contributed by atoms with E-state index in [0.717, 1.165) is 12.1 Å². The topological polar surface area (TPSA) is 9.23 Å². The molecule has 3 heteroatoms. The molecule has 1 aromatic carbocycles. The number of rotatable bonds is 6. The zero-order valence-electron chi connectivity index (χ0n) is 13.1. The highest BCUT2D eigenvalue weighted by molar-refractivity contribution is 6.79. The van der Waals surface area contributed by atoms with Crippen LogP contribution in [-0.2, 0) is 4.43 Å². The largest absolute Gasteiger partial charge is 0.414 e. The minimum Gasteiger partial charge on any atom is -0.414 e. The van der Waals surface area contributed by atoms with Crippen molar-refractivity contribution in [3.8, 4) is 0 Å². The average molecular weight is 305 g/mol. The molecule has 0 heterocycles. The normalized spacial score (nSPS) is 18.8. The molecule has 1 fully saturated rings. The Balaban J connectivity index is 2.01. The van der Waals surface area contributed by atoms with Gasteiger partial charge in [-0.2, -0.15) is 0 Å². The Morgan fingerprint density at radius 2 is 1.80 bits per heavy atom. The van der Waals surface area contributed by atoms with E-state index in [1.165, 1.54) is 25.7 Å². The summed E-state index contributed by atoms with van der Waals surface area (Å²) in [5.74, 6) is 0. The van der Waals surface area contributed by atoms with E-state index in [0.29, 0.717) is 0 Å². The van der Waals surface area contributed by atoms with Crippen molar-refractivity contribution >= 4 is 22.3 Å². The molecule has 0 unspecified atom stereocenters. The van der Waals surface area contributed by atoms with E-state index in [1.807, 2.05) is 0 Å². The highest BCUT2D eigenvalue weighted by atomic mass is 28.4. The van der Waals surface area contributed by atoms with Crippen LogP contribution in [0, 0.1) is 0 Å². The van der Waals surface area contributed by atoms with E-state index in [4.69, 9.17) is 4.43 Å². The second-order valence-corrected chi connectivity index (χ2v) is 14.4. The van der Waals surface area contributed by atoms with Crippen LogP contribution in [0.2, 0.25) is 25.2 Å². The zero-order valence-corrected chi connectivity index (χ0v) is 15.3. The Bertz CT molecular complexity index is 416. The second-order valence-electron chi connectivity index (χ2n) is 6.83. The van der Waals surface area contributed by atoms with Gasteiger partial charge in [0, 0.05) is 0 Å². The lowest BCUT2D eigenvalue weighted by Gasteiger charge is -2.20. The molecule has 0 spiro atoms. The van der Waals surface area contributed by atoms with Crippen molar-refractivity contribution in [1.82, 2.24) is 0 Å². The summed E-state index contributed by atoms with van der Waals surface area (Å²) in [5, 5.41) is 1.60. The molecule has 0 saturated heterocycles. The Hall–Kier alpha value is -0.646. The first-order valence-corrected chi connectivity index (χ1v) is 13.2. The van der Waals surface area contributed by atoms with Gasteiger partial charge in [-0.15, -0.1) is 0 Å². The zero-order chi connectivity index (χ0) is 14.4. The summed E-state index contributed by atoms with van der Waals surface area (Å²) in [4.78, 5) is 0. The van der Waals surface area contributed by atoms with Gasteiger partial charge in [0.2, 0.25) is 0 Å². The van der Waals surface area contributed by atoms with Crippen LogP contribution < -0.4 is 5.19 Å². The van der Waals surface area contributed by atoms with E-state index >= 15 is 0 Å². The van der Waals surface area contributed by atoms with Gasteiger partial charge in [0.25, 0.3) is 0 Å². The molecule has 1 atom stereocenters. The van der Waals surface area contributed by atoms with Crippen LogP contribution in [0.25, 0.3) is 0 Å². The average Bonchev–Trinajstić information content (AvgIpc) is 2.92. The van der Waals surface area contributed by atoms with E-state index in [9.17, 15) is 0 Å². The van der Waals surface area contributed by atoms with Crippen molar-refractivity contribution in [3.05, 3.63) is 42.1 Å². The van der Waals surface area contributed by atoms with Crippen molar-refractivity contribution in [3.63, 3.8) is 0 Å². The predicted molar refractivity (Wildman–Crippen MR) is 93.9 cm³/mol. The molecule has 1 saturated carbocycles. The van der Waals surface area contributed by atoms with Crippen LogP contribution >= 0.6 is 0 Å². The van der Waals surface area contributed by atoms with Gasteiger partial charge >= 0.3 is 0 Å². The molecule has 1 aromatic rings. The SMILES string of the molecule is C[Si](C)(C)OCC=C[Si@H](c1ccccc1)C1CCCC1. The minimum absolute atomic E-state index is 0.804. The van der Waals surface area contributed by atoms with Crippen LogP contribution in [0.15, 0.2) is 42.1 Å². The van der Waals surface area contributed by atoms with Gasteiger partial charge in [-0.05, 0) is 25.2 Å². The molecule has 0 aromatic heterocycles. The van der Waals surface area contributed by atoms with Crippen LogP contribution in [0.5, 0.6) is 0 Å². The summed E-state index contributed by atoms with van der Waals surface area (Å²) in [6.45, 7) is 7.57. The molecule has 20 heavy (non-hydrogen) atoms. The van der Waals surface area contributed by atoms with E-state index in [-0.39, 0.29) is 0 Å². The Kier molecular flexibility index (Phi) is 5.81. The fourth-order valence-electron chi connectivity index (χ4n) is 3.03. The molecule has 1 aliphatic carbocycles. The molecular weight excluding hydrogens is 276 g/mol. The van der Waals surface area contributed by atoms with Crippen LogP contribution in [0.3, 0.4) is 0 Å². The summed E-state index contributed by atoms with van der Waals surface area (Å²) in [5.41, 5.74) is 3.49. The Morgan fingerprint density at radius 1 is 1.15 bits per heavy atom. The quantitative estimate of drug-likeness (QED) is 0.722. The van der Waals surface area contributed by atoms with Crippen molar-refractivity contribution in [2.75, 3.05) is 6.61 Å². The summed E-state index contributed by atoms with van der Waals surface area (Å²) < 4.78 is 5.95. The first kappa shape index (κ1) is 15.7. The lowest BCUT2D eigenvalue weighted by molar-refractivity contribution is 0.357. The third kappa shape index (κ3) is 5.04. The third-order valence-corrected chi connectivity index (χ3v) is 8.60. The number of hydrogen-bond donors (Lipinski definition) is 0. The van der Waals surface area contributed by atoms with Crippen molar-refractivity contribution in [2.45, 2.75) is 50.9 Å². The molecule has 0 aliphatic heterocycles. The van der Waals surface area contributed by atoms with Gasteiger partial charge in [0.15, 0.2) is 8.32 Å². The van der Waals surface area contributed by atoms with Crippen LogP contribution in [0.4, 0.5) is 0 Å². The maximum atomic E-state index is 5.95. The third-order valence-electron chi connectivity index (χ3n) is 4.05. The van der Waals surface area contributed by atoms with Gasteiger partial charge in [-0.1, -0.05) is 73.0 Å². The minimum atomic E-state index is -1.38.